The molecule has 0 saturated carbocycles. The molecule has 4 heteroatoms. The first-order valence-corrected chi connectivity index (χ1v) is 5.97. The molecular weight excluding hydrogens is 192 g/mol. The van der Waals surface area contributed by atoms with Crippen LogP contribution < -0.4 is 5.32 Å². The van der Waals surface area contributed by atoms with E-state index in [1.165, 1.54) is 0 Å². The van der Waals surface area contributed by atoms with Crippen molar-refractivity contribution < 1.29 is 9.53 Å². The molecule has 0 aromatic rings. The Kier molecular flexibility index (Phi) is 2.41. The van der Waals surface area contributed by atoms with Gasteiger partial charge in [-0.2, -0.15) is 0 Å². The summed E-state index contributed by atoms with van der Waals surface area (Å²) < 4.78 is 5.39. The number of morpholine rings is 1. The van der Waals surface area contributed by atoms with Crippen LogP contribution in [0, 0.1) is 5.92 Å². The number of nitrogens with one attached hydrogen (secondary N) is 1. The summed E-state index contributed by atoms with van der Waals surface area (Å²) in [6, 6.07) is 0.774. The number of hydrogen-bond donors (Lipinski definition) is 1. The molecule has 1 amide bonds. The minimum absolute atomic E-state index is 0.224. The van der Waals surface area contributed by atoms with Crippen molar-refractivity contribution in [3.8, 4) is 0 Å². The molecule has 2 bridgehead atoms. The quantitative estimate of drug-likeness (QED) is 0.661. The fraction of sp³-hybridized carbons (Fsp3) is 0.909. The van der Waals surface area contributed by atoms with Gasteiger partial charge in [-0.3, -0.25) is 4.79 Å². The number of carbonyl (C=O) groups excluding carboxylic acids is 1. The molecule has 0 aromatic carbocycles. The molecular formula is C11H18N2O2. The third kappa shape index (κ3) is 1.56. The highest BCUT2D eigenvalue weighted by Gasteiger charge is 2.46. The largest absolute Gasteiger partial charge is 0.377 e. The molecule has 1 N–H and O–H groups in total. The lowest BCUT2D eigenvalue weighted by Gasteiger charge is -2.53. The smallest absolute Gasteiger partial charge is 0.227 e. The van der Waals surface area contributed by atoms with E-state index in [9.17, 15) is 4.79 Å². The third-order valence-electron chi connectivity index (χ3n) is 3.85. The third-order valence-corrected chi connectivity index (χ3v) is 3.85. The van der Waals surface area contributed by atoms with Gasteiger partial charge in [-0.1, -0.05) is 0 Å². The molecule has 0 aliphatic carbocycles. The molecule has 0 aromatic heterocycles. The second kappa shape index (κ2) is 3.76. The second-order valence-corrected chi connectivity index (χ2v) is 4.87. The molecule has 15 heavy (non-hydrogen) atoms. The Morgan fingerprint density at radius 2 is 2.13 bits per heavy atom. The maximum atomic E-state index is 12.2. The zero-order valence-corrected chi connectivity index (χ0v) is 8.95. The van der Waals surface area contributed by atoms with Gasteiger partial charge in [0.25, 0.3) is 0 Å². The first-order chi connectivity index (χ1) is 7.36. The first kappa shape index (κ1) is 9.60. The molecule has 3 aliphatic rings. The van der Waals surface area contributed by atoms with Gasteiger partial charge in [0.2, 0.25) is 5.91 Å². The van der Waals surface area contributed by atoms with Crippen molar-refractivity contribution in [2.75, 3.05) is 26.3 Å². The van der Waals surface area contributed by atoms with Crippen LogP contribution in [0.2, 0.25) is 0 Å². The number of rotatable bonds is 1. The van der Waals surface area contributed by atoms with Crippen molar-refractivity contribution in [1.29, 1.82) is 0 Å². The van der Waals surface area contributed by atoms with Gasteiger partial charge in [0, 0.05) is 6.54 Å². The molecule has 3 saturated heterocycles. The zero-order chi connectivity index (χ0) is 10.3. The standard InChI is InChI=1S/C11H18N2O2/c14-11(8-2-1-3-12-5-8)13-9-4-10(13)7-15-6-9/h8-10,12H,1-7H2/t8-,9+,10+/m0/s1. The van der Waals surface area contributed by atoms with Gasteiger partial charge in [-0.15, -0.1) is 0 Å². The Bertz CT molecular complexity index is 249. The van der Waals surface area contributed by atoms with Crippen molar-refractivity contribution >= 4 is 5.91 Å². The van der Waals surface area contributed by atoms with E-state index in [2.05, 4.69) is 10.2 Å². The Hall–Kier alpha value is -0.610. The summed E-state index contributed by atoms with van der Waals surface area (Å²) in [5.41, 5.74) is 0. The van der Waals surface area contributed by atoms with Gasteiger partial charge in [0.1, 0.15) is 0 Å². The zero-order valence-electron chi connectivity index (χ0n) is 8.95. The van der Waals surface area contributed by atoms with Gasteiger partial charge in [0.15, 0.2) is 0 Å². The molecule has 3 aliphatic heterocycles. The average molecular weight is 210 g/mol. The summed E-state index contributed by atoms with van der Waals surface area (Å²) in [6.45, 7) is 3.44. The van der Waals surface area contributed by atoms with Crippen molar-refractivity contribution in [2.45, 2.75) is 31.3 Å². The lowest BCUT2D eigenvalue weighted by atomic mass is 9.87. The highest BCUT2D eigenvalue weighted by molar-refractivity contribution is 5.81. The summed E-state index contributed by atoms with van der Waals surface area (Å²) in [4.78, 5) is 14.3. The fourth-order valence-corrected chi connectivity index (χ4v) is 2.97. The highest BCUT2D eigenvalue weighted by Crippen LogP contribution is 2.33. The molecule has 0 radical (unpaired) electrons. The predicted molar refractivity (Wildman–Crippen MR) is 55.5 cm³/mol. The van der Waals surface area contributed by atoms with E-state index >= 15 is 0 Å². The average Bonchev–Trinajstić information content (AvgIpc) is 2.31. The first-order valence-electron chi connectivity index (χ1n) is 5.97. The summed E-state index contributed by atoms with van der Waals surface area (Å²) >= 11 is 0. The van der Waals surface area contributed by atoms with Gasteiger partial charge in [-0.05, 0) is 25.8 Å². The summed E-state index contributed by atoms with van der Waals surface area (Å²) in [5, 5.41) is 3.31. The minimum atomic E-state index is 0.224. The van der Waals surface area contributed by atoms with Gasteiger partial charge >= 0.3 is 0 Å². The number of amides is 1. The number of carbonyl (C=O) groups is 1. The van der Waals surface area contributed by atoms with Gasteiger partial charge in [-0.25, -0.2) is 0 Å². The predicted octanol–water partition coefficient (Wildman–Crippen LogP) is -0.0143. The van der Waals surface area contributed by atoms with E-state index in [-0.39, 0.29) is 5.92 Å². The van der Waals surface area contributed by atoms with E-state index in [0.717, 1.165) is 45.6 Å². The van der Waals surface area contributed by atoms with Crippen molar-refractivity contribution in [2.24, 2.45) is 5.92 Å². The van der Waals surface area contributed by atoms with Gasteiger partial charge < -0.3 is 15.0 Å². The minimum Gasteiger partial charge on any atom is -0.377 e. The van der Waals surface area contributed by atoms with Crippen LogP contribution >= 0.6 is 0 Å². The van der Waals surface area contributed by atoms with Crippen LogP contribution in [-0.4, -0.2) is 49.2 Å². The molecule has 3 heterocycles. The molecule has 3 rings (SSSR count). The van der Waals surface area contributed by atoms with E-state index in [0.29, 0.717) is 18.0 Å². The Morgan fingerprint density at radius 3 is 2.73 bits per heavy atom. The maximum absolute atomic E-state index is 12.2. The Morgan fingerprint density at radius 1 is 1.33 bits per heavy atom. The maximum Gasteiger partial charge on any atom is 0.227 e. The van der Waals surface area contributed by atoms with Crippen LogP contribution in [0.5, 0.6) is 0 Å². The summed E-state index contributed by atoms with van der Waals surface area (Å²) in [7, 11) is 0. The molecule has 4 nitrogen and oxygen atoms in total. The normalized spacial score (nSPS) is 39.7. The van der Waals surface area contributed by atoms with Crippen LogP contribution in [0.4, 0.5) is 0 Å². The second-order valence-electron chi connectivity index (χ2n) is 4.87. The summed E-state index contributed by atoms with van der Waals surface area (Å²) in [5.74, 6) is 0.592. The SMILES string of the molecule is O=C([C@H]1CCCNC1)N1[C@H]2COC[C@H]1C2. The number of ether oxygens (including phenoxy) is 1. The van der Waals surface area contributed by atoms with E-state index < -0.39 is 0 Å². The molecule has 84 valence electrons. The lowest BCUT2D eigenvalue weighted by Crippen LogP contribution is -2.67. The van der Waals surface area contributed by atoms with Crippen LogP contribution in [0.25, 0.3) is 0 Å². The van der Waals surface area contributed by atoms with E-state index in [4.69, 9.17) is 4.74 Å². The fourth-order valence-electron chi connectivity index (χ4n) is 2.97. The number of nitrogens with zero attached hydrogens (tertiary/aromatic N) is 1. The van der Waals surface area contributed by atoms with E-state index in [1.54, 1.807) is 0 Å². The monoisotopic (exact) mass is 210 g/mol. The van der Waals surface area contributed by atoms with Crippen molar-refractivity contribution in [3.63, 3.8) is 0 Å². The lowest BCUT2D eigenvalue weighted by molar-refractivity contribution is -0.172. The molecule has 0 unspecified atom stereocenters. The van der Waals surface area contributed by atoms with Gasteiger partial charge in [0.05, 0.1) is 31.2 Å². The van der Waals surface area contributed by atoms with Crippen molar-refractivity contribution in [1.82, 2.24) is 10.2 Å². The van der Waals surface area contributed by atoms with Crippen LogP contribution in [0.1, 0.15) is 19.3 Å². The molecule has 3 fully saturated rings. The van der Waals surface area contributed by atoms with Crippen LogP contribution in [0.15, 0.2) is 0 Å². The summed E-state index contributed by atoms with van der Waals surface area (Å²) in [6.07, 6.45) is 3.35. The Balaban J connectivity index is 1.64. The van der Waals surface area contributed by atoms with Crippen LogP contribution in [-0.2, 0) is 9.53 Å². The Labute approximate surface area is 90.0 Å². The topological polar surface area (TPSA) is 41.6 Å². The number of hydrogen-bond acceptors (Lipinski definition) is 3. The number of fused-ring (bicyclic) bond motifs is 2. The number of piperidine rings is 1. The van der Waals surface area contributed by atoms with Crippen molar-refractivity contribution in [3.05, 3.63) is 0 Å². The van der Waals surface area contributed by atoms with Crippen LogP contribution in [0.3, 0.4) is 0 Å². The molecule has 0 spiro atoms. The van der Waals surface area contributed by atoms with E-state index in [1.807, 2.05) is 0 Å². The molecule has 3 atom stereocenters. The highest BCUT2D eigenvalue weighted by atomic mass is 16.5.